The Bertz CT molecular complexity index is 514. The lowest BCUT2D eigenvalue weighted by molar-refractivity contribution is 0.0114. The molecule has 1 heterocycles. The minimum absolute atomic E-state index is 0.0307. The van der Waals surface area contributed by atoms with Crippen LogP contribution in [-0.2, 0) is 4.74 Å². The lowest BCUT2D eigenvalue weighted by atomic mass is 10.0. The van der Waals surface area contributed by atoms with Crippen LogP contribution in [0.25, 0.3) is 0 Å². The average molecular weight is 308 g/mol. The van der Waals surface area contributed by atoms with Gasteiger partial charge in [-0.25, -0.2) is 9.18 Å². The average Bonchev–Trinajstić information content (AvgIpc) is 2.45. The highest BCUT2D eigenvalue weighted by atomic mass is 19.1. The molecule has 122 valence electrons. The summed E-state index contributed by atoms with van der Waals surface area (Å²) in [5.41, 5.74) is -0.0323. The van der Waals surface area contributed by atoms with E-state index in [1.807, 2.05) is 20.8 Å². The molecule has 0 saturated carbocycles. The van der Waals surface area contributed by atoms with Gasteiger partial charge in [-0.05, 0) is 52.2 Å². The zero-order valence-electron chi connectivity index (χ0n) is 13.6. The van der Waals surface area contributed by atoms with Crippen LogP contribution in [0.4, 0.5) is 14.9 Å². The van der Waals surface area contributed by atoms with E-state index in [9.17, 15) is 9.18 Å². The second-order valence-electron chi connectivity index (χ2n) is 6.68. The van der Waals surface area contributed by atoms with Crippen LogP contribution >= 0.6 is 0 Å². The maximum absolute atomic E-state index is 13.7. The summed E-state index contributed by atoms with van der Waals surface area (Å²) in [6.07, 6.45) is 2.67. The highest BCUT2D eigenvalue weighted by Gasteiger charge is 2.30. The number of halogens is 1. The predicted octanol–water partition coefficient (Wildman–Crippen LogP) is 4.03. The van der Waals surface area contributed by atoms with E-state index >= 15 is 0 Å². The summed E-state index contributed by atoms with van der Waals surface area (Å²) in [5.74, 6) is -0.276. The molecule has 4 nitrogen and oxygen atoms in total. The quantitative estimate of drug-likeness (QED) is 0.916. The van der Waals surface area contributed by atoms with E-state index in [2.05, 4.69) is 5.32 Å². The van der Waals surface area contributed by atoms with E-state index in [1.54, 1.807) is 23.1 Å². The highest BCUT2D eigenvalue weighted by molar-refractivity contribution is 5.68. The van der Waals surface area contributed by atoms with E-state index in [0.717, 1.165) is 19.3 Å². The molecule has 22 heavy (non-hydrogen) atoms. The molecule has 1 aromatic carbocycles. The Hall–Kier alpha value is -1.78. The number of carbonyl (C=O) groups excluding carboxylic acids is 1. The second kappa shape index (κ2) is 6.99. The molecule has 1 N–H and O–H groups in total. The van der Waals surface area contributed by atoms with Crippen LogP contribution in [0.5, 0.6) is 0 Å². The highest BCUT2D eigenvalue weighted by Crippen LogP contribution is 2.21. The number of carbonyl (C=O) groups is 1. The molecule has 1 amide bonds. The number of likely N-dealkylation sites (tertiary alicyclic amines) is 1. The third-order valence-electron chi connectivity index (χ3n) is 3.66. The number of nitrogens with one attached hydrogen (secondary N) is 1. The Kier molecular flexibility index (Phi) is 5.27. The molecule has 0 spiro atoms. The molecule has 1 saturated heterocycles. The van der Waals surface area contributed by atoms with E-state index in [0.29, 0.717) is 18.8 Å². The Balaban J connectivity index is 1.98. The largest absolute Gasteiger partial charge is 0.444 e. The van der Waals surface area contributed by atoms with E-state index in [-0.39, 0.29) is 18.0 Å². The van der Waals surface area contributed by atoms with Crippen molar-refractivity contribution >= 4 is 11.8 Å². The molecule has 1 aliphatic rings. The maximum Gasteiger partial charge on any atom is 0.410 e. The van der Waals surface area contributed by atoms with Crippen LogP contribution in [0, 0.1) is 5.82 Å². The normalized spacial score (nSPS) is 18.9. The predicted molar refractivity (Wildman–Crippen MR) is 85.5 cm³/mol. The second-order valence-corrected chi connectivity index (χ2v) is 6.68. The first-order valence-corrected chi connectivity index (χ1v) is 7.85. The summed E-state index contributed by atoms with van der Waals surface area (Å²) in [6.45, 7) is 6.81. The number of benzene rings is 1. The maximum atomic E-state index is 13.7. The molecule has 1 aromatic rings. The van der Waals surface area contributed by atoms with Crippen molar-refractivity contribution < 1.29 is 13.9 Å². The molecule has 0 bridgehead atoms. The number of hydrogen-bond acceptors (Lipinski definition) is 3. The Morgan fingerprint density at radius 3 is 2.77 bits per heavy atom. The van der Waals surface area contributed by atoms with Gasteiger partial charge in [-0.3, -0.25) is 0 Å². The van der Waals surface area contributed by atoms with E-state index in [4.69, 9.17) is 4.74 Å². The number of ether oxygens (including phenoxy) is 1. The molecule has 1 fully saturated rings. The lowest BCUT2D eigenvalue weighted by Crippen LogP contribution is -2.48. The van der Waals surface area contributed by atoms with Gasteiger partial charge in [-0.15, -0.1) is 0 Å². The van der Waals surface area contributed by atoms with Crippen molar-refractivity contribution in [3.05, 3.63) is 30.1 Å². The van der Waals surface area contributed by atoms with Gasteiger partial charge in [-0.2, -0.15) is 0 Å². The summed E-state index contributed by atoms with van der Waals surface area (Å²) in [6, 6.07) is 6.61. The van der Waals surface area contributed by atoms with Gasteiger partial charge in [-0.1, -0.05) is 12.1 Å². The zero-order chi connectivity index (χ0) is 16.2. The van der Waals surface area contributed by atoms with Gasteiger partial charge in [0.1, 0.15) is 11.4 Å². The van der Waals surface area contributed by atoms with Crippen LogP contribution in [0.2, 0.25) is 0 Å². The molecule has 1 atom stereocenters. The Labute approximate surface area is 131 Å². The topological polar surface area (TPSA) is 41.6 Å². The van der Waals surface area contributed by atoms with Gasteiger partial charge in [0.2, 0.25) is 0 Å². The lowest BCUT2D eigenvalue weighted by Gasteiger charge is -2.37. The van der Waals surface area contributed by atoms with Crippen LogP contribution in [0.3, 0.4) is 0 Å². The van der Waals surface area contributed by atoms with Crippen molar-refractivity contribution in [2.45, 2.75) is 51.7 Å². The fourth-order valence-electron chi connectivity index (χ4n) is 2.61. The SMILES string of the molecule is CC(C)(C)OC(=O)N1CCCCC1CNc1ccccc1F. The number of hydrogen-bond donors (Lipinski definition) is 1. The van der Waals surface area contributed by atoms with Gasteiger partial charge in [0.25, 0.3) is 0 Å². The van der Waals surface area contributed by atoms with Crippen LogP contribution in [-0.4, -0.2) is 35.7 Å². The molecule has 1 unspecified atom stereocenters. The zero-order valence-corrected chi connectivity index (χ0v) is 13.6. The third-order valence-corrected chi connectivity index (χ3v) is 3.66. The van der Waals surface area contributed by atoms with Crippen molar-refractivity contribution in [1.82, 2.24) is 4.90 Å². The third kappa shape index (κ3) is 4.61. The standard InChI is InChI=1S/C17H25FN2O2/c1-17(2,3)22-16(21)20-11-7-6-8-13(20)12-19-15-10-5-4-9-14(15)18/h4-5,9-10,13,19H,6-8,11-12H2,1-3H3. The van der Waals surface area contributed by atoms with Crippen molar-refractivity contribution in [2.75, 3.05) is 18.4 Å². The first-order chi connectivity index (χ1) is 10.4. The summed E-state index contributed by atoms with van der Waals surface area (Å²) in [5, 5.41) is 3.11. The van der Waals surface area contributed by atoms with E-state index in [1.165, 1.54) is 6.07 Å². The molecular weight excluding hydrogens is 283 g/mol. The minimum Gasteiger partial charge on any atom is -0.444 e. The van der Waals surface area contributed by atoms with Crippen LogP contribution in [0.15, 0.2) is 24.3 Å². The summed E-state index contributed by atoms with van der Waals surface area (Å²) in [4.78, 5) is 14.1. The summed E-state index contributed by atoms with van der Waals surface area (Å²) < 4.78 is 19.1. The van der Waals surface area contributed by atoms with E-state index < -0.39 is 5.60 Å². The van der Waals surface area contributed by atoms with Crippen LogP contribution < -0.4 is 5.32 Å². The van der Waals surface area contributed by atoms with Gasteiger partial charge in [0, 0.05) is 13.1 Å². The monoisotopic (exact) mass is 308 g/mol. The number of anilines is 1. The first kappa shape index (κ1) is 16.6. The number of rotatable bonds is 3. The fourth-order valence-corrected chi connectivity index (χ4v) is 2.61. The first-order valence-electron chi connectivity index (χ1n) is 7.85. The fraction of sp³-hybridized carbons (Fsp3) is 0.588. The number of piperidine rings is 1. The number of para-hydroxylation sites is 1. The van der Waals surface area contributed by atoms with Gasteiger partial charge >= 0.3 is 6.09 Å². The van der Waals surface area contributed by atoms with Crippen molar-refractivity contribution in [3.8, 4) is 0 Å². The van der Waals surface area contributed by atoms with Crippen molar-refractivity contribution in [3.63, 3.8) is 0 Å². The molecule has 0 radical (unpaired) electrons. The van der Waals surface area contributed by atoms with Gasteiger partial charge in [0.05, 0.1) is 11.7 Å². The minimum atomic E-state index is -0.502. The Morgan fingerprint density at radius 1 is 1.36 bits per heavy atom. The molecule has 1 aliphatic heterocycles. The summed E-state index contributed by atoms with van der Waals surface area (Å²) in [7, 11) is 0. The molecule has 2 rings (SSSR count). The molecule has 0 aromatic heterocycles. The van der Waals surface area contributed by atoms with Crippen molar-refractivity contribution in [2.24, 2.45) is 0 Å². The Morgan fingerprint density at radius 2 is 2.09 bits per heavy atom. The van der Waals surface area contributed by atoms with Gasteiger partial charge < -0.3 is 15.0 Å². The summed E-state index contributed by atoms with van der Waals surface area (Å²) >= 11 is 0. The number of amides is 1. The molecular formula is C17H25FN2O2. The molecule has 0 aliphatic carbocycles. The smallest absolute Gasteiger partial charge is 0.410 e. The van der Waals surface area contributed by atoms with Gasteiger partial charge in [0.15, 0.2) is 0 Å². The van der Waals surface area contributed by atoms with Crippen LogP contribution in [0.1, 0.15) is 40.0 Å². The molecule has 5 heteroatoms. The number of nitrogens with zero attached hydrogens (tertiary/aromatic N) is 1. The van der Waals surface area contributed by atoms with Crippen molar-refractivity contribution in [1.29, 1.82) is 0 Å².